The summed E-state index contributed by atoms with van der Waals surface area (Å²) >= 11 is 0. The SMILES string of the molecule is Cn1c(=O)c2ccc(C3CCN(C(=O)Cc4ccccc4)C3)nc2n(C)c1=O. The van der Waals surface area contributed by atoms with Gasteiger partial charge in [0.05, 0.1) is 11.8 Å². The molecule has 28 heavy (non-hydrogen) atoms. The van der Waals surface area contributed by atoms with Gasteiger partial charge in [-0.25, -0.2) is 9.78 Å². The molecule has 0 saturated carbocycles. The lowest BCUT2D eigenvalue weighted by atomic mass is 10.0. The fourth-order valence-corrected chi connectivity index (χ4v) is 3.81. The minimum absolute atomic E-state index is 0.100. The van der Waals surface area contributed by atoms with Gasteiger partial charge in [-0.05, 0) is 24.1 Å². The molecule has 1 unspecified atom stereocenters. The van der Waals surface area contributed by atoms with Crippen molar-refractivity contribution in [1.82, 2.24) is 19.0 Å². The number of nitrogens with zero attached hydrogens (tertiary/aromatic N) is 4. The Bertz CT molecular complexity index is 1160. The molecule has 144 valence electrons. The minimum atomic E-state index is -0.395. The molecule has 1 saturated heterocycles. The van der Waals surface area contributed by atoms with E-state index in [4.69, 9.17) is 0 Å². The molecule has 1 aliphatic heterocycles. The summed E-state index contributed by atoms with van der Waals surface area (Å²) in [5.74, 6) is 0.207. The van der Waals surface area contributed by atoms with Gasteiger partial charge in [0.25, 0.3) is 5.56 Å². The van der Waals surface area contributed by atoms with Gasteiger partial charge in [0, 0.05) is 38.8 Å². The maximum atomic E-state index is 12.6. The number of likely N-dealkylation sites (tertiary alicyclic amines) is 1. The lowest BCUT2D eigenvalue weighted by Gasteiger charge is -2.17. The van der Waals surface area contributed by atoms with Crippen LogP contribution < -0.4 is 11.2 Å². The van der Waals surface area contributed by atoms with Crippen LogP contribution in [0.3, 0.4) is 0 Å². The van der Waals surface area contributed by atoms with Crippen molar-refractivity contribution in [2.75, 3.05) is 13.1 Å². The third kappa shape index (κ3) is 3.13. The van der Waals surface area contributed by atoms with Gasteiger partial charge in [-0.2, -0.15) is 0 Å². The van der Waals surface area contributed by atoms with E-state index in [-0.39, 0.29) is 17.4 Å². The van der Waals surface area contributed by atoms with Gasteiger partial charge in [-0.15, -0.1) is 0 Å². The first-order valence-corrected chi connectivity index (χ1v) is 9.34. The highest BCUT2D eigenvalue weighted by atomic mass is 16.2. The summed E-state index contributed by atoms with van der Waals surface area (Å²) in [6.45, 7) is 1.29. The molecule has 0 N–H and O–H groups in total. The summed E-state index contributed by atoms with van der Waals surface area (Å²) in [7, 11) is 3.08. The topological polar surface area (TPSA) is 77.2 Å². The molecule has 0 radical (unpaired) electrons. The van der Waals surface area contributed by atoms with Crippen molar-refractivity contribution < 1.29 is 4.79 Å². The second-order valence-electron chi connectivity index (χ2n) is 7.30. The second-order valence-corrected chi connectivity index (χ2v) is 7.30. The minimum Gasteiger partial charge on any atom is -0.342 e. The molecule has 1 amide bonds. The number of hydrogen-bond acceptors (Lipinski definition) is 4. The molecule has 2 aromatic heterocycles. The van der Waals surface area contributed by atoms with Crippen molar-refractivity contribution in [3.63, 3.8) is 0 Å². The lowest BCUT2D eigenvalue weighted by molar-refractivity contribution is -0.129. The van der Waals surface area contributed by atoms with E-state index in [9.17, 15) is 14.4 Å². The van der Waals surface area contributed by atoms with Crippen molar-refractivity contribution in [3.8, 4) is 0 Å². The molecule has 3 heterocycles. The number of aryl methyl sites for hydroxylation is 1. The quantitative estimate of drug-likeness (QED) is 0.686. The zero-order valence-corrected chi connectivity index (χ0v) is 16.0. The van der Waals surface area contributed by atoms with Crippen molar-refractivity contribution in [2.45, 2.75) is 18.8 Å². The van der Waals surface area contributed by atoms with Crippen LogP contribution in [0.5, 0.6) is 0 Å². The average Bonchev–Trinajstić information content (AvgIpc) is 3.21. The number of aromatic nitrogens is 3. The Labute approximate surface area is 161 Å². The Morgan fingerprint density at radius 1 is 1.07 bits per heavy atom. The van der Waals surface area contributed by atoms with E-state index in [1.807, 2.05) is 41.3 Å². The molecule has 3 aromatic rings. The number of hydrogen-bond donors (Lipinski definition) is 0. The molecule has 1 aliphatic rings. The highest BCUT2D eigenvalue weighted by Crippen LogP contribution is 2.27. The van der Waals surface area contributed by atoms with Gasteiger partial charge < -0.3 is 4.90 Å². The number of benzene rings is 1. The van der Waals surface area contributed by atoms with Crippen LogP contribution in [0.1, 0.15) is 23.6 Å². The molecular weight excluding hydrogens is 356 g/mol. The van der Waals surface area contributed by atoms with Crippen LogP contribution >= 0.6 is 0 Å². The number of carbonyl (C=O) groups excluding carboxylic acids is 1. The van der Waals surface area contributed by atoms with Crippen molar-refractivity contribution in [2.24, 2.45) is 14.1 Å². The lowest BCUT2D eigenvalue weighted by Crippen LogP contribution is -2.37. The second kappa shape index (κ2) is 7.07. The van der Waals surface area contributed by atoms with Crippen LogP contribution in [0.15, 0.2) is 52.1 Å². The first-order chi connectivity index (χ1) is 13.5. The van der Waals surface area contributed by atoms with E-state index in [0.717, 1.165) is 22.2 Å². The Balaban J connectivity index is 1.57. The molecule has 1 atom stereocenters. The largest absolute Gasteiger partial charge is 0.342 e. The van der Waals surface area contributed by atoms with Crippen molar-refractivity contribution >= 4 is 16.9 Å². The number of carbonyl (C=O) groups is 1. The Kier molecular flexibility index (Phi) is 4.58. The molecule has 0 bridgehead atoms. The van der Waals surface area contributed by atoms with Crippen molar-refractivity contribution in [1.29, 1.82) is 0 Å². The molecular formula is C21H22N4O3. The highest BCUT2D eigenvalue weighted by Gasteiger charge is 2.28. The standard InChI is InChI=1S/C21H22N4O3/c1-23-19-16(20(27)24(2)21(23)28)8-9-17(22-19)15-10-11-25(13-15)18(26)12-14-6-4-3-5-7-14/h3-9,15H,10-13H2,1-2H3. The third-order valence-corrected chi connectivity index (χ3v) is 5.48. The van der Waals surface area contributed by atoms with Crippen LogP contribution in [-0.2, 0) is 25.3 Å². The Morgan fingerprint density at radius 3 is 2.57 bits per heavy atom. The van der Waals surface area contributed by atoms with Crippen LogP contribution in [0.4, 0.5) is 0 Å². The number of pyridine rings is 1. The van der Waals surface area contributed by atoms with Crippen LogP contribution in [-0.4, -0.2) is 38.0 Å². The average molecular weight is 378 g/mol. The zero-order chi connectivity index (χ0) is 19.8. The van der Waals surface area contributed by atoms with Gasteiger partial charge in [-0.3, -0.25) is 18.7 Å². The van der Waals surface area contributed by atoms with E-state index in [1.165, 1.54) is 11.6 Å². The summed E-state index contributed by atoms with van der Waals surface area (Å²) in [6, 6.07) is 13.3. The molecule has 7 nitrogen and oxygen atoms in total. The predicted octanol–water partition coefficient (Wildman–Crippen LogP) is 1.19. The predicted molar refractivity (Wildman–Crippen MR) is 106 cm³/mol. The van der Waals surface area contributed by atoms with Crippen molar-refractivity contribution in [3.05, 3.63) is 74.6 Å². The number of rotatable bonds is 3. The smallest absolute Gasteiger partial charge is 0.332 e. The maximum Gasteiger partial charge on any atom is 0.332 e. The maximum absolute atomic E-state index is 12.6. The number of amides is 1. The molecule has 4 rings (SSSR count). The molecule has 1 aromatic carbocycles. The Morgan fingerprint density at radius 2 is 1.82 bits per heavy atom. The summed E-state index contributed by atoms with van der Waals surface area (Å²) in [4.78, 5) is 43.6. The van der Waals surface area contributed by atoms with Gasteiger partial charge in [0.1, 0.15) is 5.65 Å². The van der Waals surface area contributed by atoms with E-state index in [0.29, 0.717) is 30.5 Å². The third-order valence-electron chi connectivity index (χ3n) is 5.48. The molecule has 1 fully saturated rings. The van der Waals surface area contributed by atoms with E-state index in [1.54, 1.807) is 13.1 Å². The van der Waals surface area contributed by atoms with Gasteiger partial charge >= 0.3 is 5.69 Å². The van der Waals surface area contributed by atoms with E-state index in [2.05, 4.69) is 4.98 Å². The van der Waals surface area contributed by atoms with Gasteiger partial charge in [0.15, 0.2) is 0 Å². The Hall–Kier alpha value is -3.22. The molecule has 7 heteroatoms. The van der Waals surface area contributed by atoms with Crippen LogP contribution in [0.2, 0.25) is 0 Å². The number of fused-ring (bicyclic) bond motifs is 1. The van der Waals surface area contributed by atoms with Gasteiger partial charge in [-0.1, -0.05) is 30.3 Å². The zero-order valence-electron chi connectivity index (χ0n) is 16.0. The normalized spacial score (nSPS) is 16.6. The van der Waals surface area contributed by atoms with Gasteiger partial charge in [0.2, 0.25) is 5.91 Å². The van der Waals surface area contributed by atoms with Crippen LogP contribution in [0, 0.1) is 0 Å². The fraction of sp³-hybridized carbons (Fsp3) is 0.333. The summed E-state index contributed by atoms with van der Waals surface area (Å²) < 4.78 is 2.48. The van der Waals surface area contributed by atoms with E-state index < -0.39 is 5.69 Å². The molecule has 0 spiro atoms. The first-order valence-electron chi connectivity index (χ1n) is 9.34. The fourth-order valence-electron chi connectivity index (χ4n) is 3.81. The monoisotopic (exact) mass is 378 g/mol. The molecule has 0 aliphatic carbocycles. The summed E-state index contributed by atoms with van der Waals surface area (Å²) in [6.07, 6.45) is 1.21. The van der Waals surface area contributed by atoms with E-state index >= 15 is 0 Å². The summed E-state index contributed by atoms with van der Waals surface area (Å²) in [5.41, 5.74) is 1.47. The summed E-state index contributed by atoms with van der Waals surface area (Å²) in [5, 5.41) is 0.420. The highest BCUT2D eigenvalue weighted by molar-refractivity contribution is 5.79. The van der Waals surface area contributed by atoms with Crippen LogP contribution in [0.25, 0.3) is 11.0 Å². The first kappa shape index (κ1) is 18.2.